The van der Waals surface area contributed by atoms with Crippen LogP contribution in [0, 0.1) is 6.92 Å². The number of hydrogen-bond acceptors (Lipinski definition) is 6. The van der Waals surface area contributed by atoms with E-state index in [1.165, 1.54) is 28.5 Å². The number of hydrogen-bond donors (Lipinski definition) is 1. The lowest BCUT2D eigenvalue weighted by Crippen LogP contribution is -2.20. The summed E-state index contributed by atoms with van der Waals surface area (Å²) in [5, 5.41) is 3.76. The smallest absolute Gasteiger partial charge is 0.349 e. The minimum atomic E-state index is -0.706. The Balaban J connectivity index is 1.35. The number of anilines is 1. The van der Waals surface area contributed by atoms with Crippen LogP contribution in [0.25, 0.3) is 22.2 Å². The molecule has 174 valence electrons. The van der Waals surface area contributed by atoms with Crippen LogP contribution < -0.4 is 15.7 Å². The monoisotopic (exact) mass is 482 g/mol. The summed E-state index contributed by atoms with van der Waals surface area (Å²) in [4.78, 5) is 30.8. The number of nitrogens with one attached hydrogen (secondary N) is 1. The zero-order valence-electron chi connectivity index (χ0n) is 19.2. The van der Waals surface area contributed by atoms with Gasteiger partial charge in [0, 0.05) is 15.8 Å². The van der Waals surface area contributed by atoms with E-state index in [-0.39, 0.29) is 5.56 Å². The van der Waals surface area contributed by atoms with E-state index in [9.17, 15) is 9.59 Å². The second-order valence-electron chi connectivity index (χ2n) is 8.09. The Kier molecular flexibility index (Phi) is 6.16. The van der Waals surface area contributed by atoms with Crippen LogP contribution in [0.4, 0.5) is 5.13 Å². The van der Waals surface area contributed by atoms with Crippen LogP contribution in [0.3, 0.4) is 0 Å². The normalized spacial score (nSPS) is 10.9. The maximum atomic E-state index is 12.9. The molecule has 35 heavy (non-hydrogen) atoms. The fourth-order valence-corrected chi connectivity index (χ4v) is 4.71. The molecule has 3 aromatic carbocycles. The van der Waals surface area contributed by atoms with Crippen molar-refractivity contribution in [3.8, 4) is 17.0 Å². The number of rotatable bonds is 6. The van der Waals surface area contributed by atoms with E-state index in [4.69, 9.17) is 9.15 Å². The zero-order chi connectivity index (χ0) is 24.4. The van der Waals surface area contributed by atoms with Gasteiger partial charge in [-0.1, -0.05) is 54.6 Å². The molecule has 2 aromatic heterocycles. The van der Waals surface area contributed by atoms with Crippen molar-refractivity contribution in [2.45, 2.75) is 13.3 Å². The lowest BCUT2D eigenvalue weighted by molar-refractivity contribution is 0.102. The van der Waals surface area contributed by atoms with Gasteiger partial charge in [0.1, 0.15) is 16.9 Å². The molecule has 2 heterocycles. The number of methoxy groups -OCH3 is 1. The average molecular weight is 483 g/mol. The number of nitrogens with zero attached hydrogens (tertiary/aromatic N) is 1. The van der Waals surface area contributed by atoms with E-state index in [0.717, 1.165) is 22.6 Å². The molecular weight excluding hydrogens is 460 g/mol. The highest BCUT2D eigenvalue weighted by Gasteiger charge is 2.17. The van der Waals surface area contributed by atoms with Gasteiger partial charge in [-0.3, -0.25) is 10.1 Å². The molecule has 1 amide bonds. The van der Waals surface area contributed by atoms with Gasteiger partial charge in [-0.15, -0.1) is 11.3 Å². The van der Waals surface area contributed by atoms with Crippen molar-refractivity contribution in [3.63, 3.8) is 0 Å². The minimum Gasteiger partial charge on any atom is -0.497 e. The molecule has 0 saturated carbocycles. The van der Waals surface area contributed by atoms with Crippen LogP contribution in [0.1, 0.15) is 26.4 Å². The van der Waals surface area contributed by atoms with Crippen molar-refractivity contribution in [3.05, 3.63) is 111 Å². The first-order valence-corrected chi connectivity index (χ1v) is 11.9. The Bertz CT molecular complexity index is 1570. The molecule has 0 aliphatic carbocycles. The van der Waals surface area contributed by atoms with Crippen LogP contribution in [-0.2, 0) is 6.42 Å². The van der Waals surface area contributed by atoms with E-state index in [0.29, 0.717) is 21.9 Å². The third kappa shape index (κ3) is 4.85. The number of amides is 1. The van der Waals surface area contributed by atoms with E-state index in [1.807, 2.05) is 37.3 Å². The van der Waals surface area contributed by atoms with Gasteiger partial charge < -0.3 is 9.15 Å². The van der Waals surface area contributed by atoms with Gasteiger partial charge in [-0.2, -0.15) is 0 Å². The molecule has 0 unspecified atom stereocenters. The number of aromatic nitrogens is 1. The highest BCUT2D eigenvalue weighted by atomic mass is 32.1. The summed E-state index contributed by atoms with van der Waals surface area (Å²) in [6.07, 6.45) is 0.860. The predicted molar refractivity (Wildman–Crippen MR) is 139 cm³/mol. The number of thiazole rings is 1. The molecule has 0 aliphatic heterocycles. The second kappa shape index (κ2) is 9.56. The van der Waals surface area contributed by atoms with Crippen LogP contribution in [0.2, 0.25) is 0 Å². The van der Waals surface area contributed by atoms with Crippen LogP contribution in [0.15, 0.2) is 88.1 Å². The Hall–Kier alpha value is -4.23. The summed E-state index contributed by atoms with van der Waals surface area (Å²) in [6.45, 7) is 1.96. The summed E-state index contributed by atoms with van der Waals surface area (Å²) in [7, 11) is 1.55. The van der Waals surface area contributed by atoms with Gasteiger partial charge in [0.2, 0.25) is 0 Å². The van der Waals surface area contributed by atoms with Crippen molar-refractivity contribution in [2.24, 2.45) is 0 Å². The first-order chi connectivity index (χ1) is 17.0. The van der Waals surface area contributed by atoms with Crippen molar-refractivity contribution < 1.29 is 13.9 Å². The van der Waals surface area contributed by atoms with Crippen molar-refractivity contribution in [1.29, 1.82) is 0 Å². The first kappa shape index (κ1) is 22.6. The molecule has 5 aromatic rings. The molecule has 0 radical (unpaired) electrons. The second-order valence-corrected chi connectivity index (χ2v) is 9.29. The van der Waals surface area contributed by atoms with Crippen LogP contribution >= 0.6 is 11.3 Å². The van der Waals surface area contributed by atoms with E-state index in [1.54, 1.807) is 25.3 Å². The average Bonchev–Trinajstić information content (AvgIpc) is 3.24. The van der Waals surface area contributed by atoms with Crippen molar-refractivity contribution in [2.75, 3.05) is 12.4 Å². The summed E-state index contributed by atoms with van der Waals surface area (Å²) in [5.41, 5.74) is 3.82. The van der Waals surface area contributed by atoms with Crippen molar-refractivity contribution >= 4 is 33.3 Å². The lowest BCUT2D eigenvalue weighted by atomic mass is 10.0. The SMILES string of the molecule is COc1ccc2oc(=O)c(C(=O)Nc3nc(-c4ccc(Cc5ccccc5)cc4)c(C)s3)cc2c1. The molecule has 6 nitrogen and oxygen atoms in total. The number of benzene rings is 3. The fraction of sp³-hybridized carbons (Fsp3) is 0.107. The van der Waals surface area contributed by atoms with E-state index < -0.39 is 11.5 Å². The van der Waals surface area contributed by atoms with Gasteiger partial charge in [0.25, 0.3) is 5.91 Å². The minimum absolute atomic E-state index is 0.0922. The molecular formula is C28H22N2O4S. The molecule has 0 aliphatic rings. The largest absolute Gasteiger partial charge is 0.497 e. The summed E-state index contributed by atoms with van der Waals surface area (Å²) >= 11 is 1.36. The molecule has 0 spiro atoms. The van der Waals surface area contributed by atoms with Gasteiger partial charge in [-0.25, -0.2) is 9.78 Å². The number of ether oxygens (including phenoxy) is 1. The zero-order valence-corrected chi connectivity index (χ0v) is 20.0. The van der Waals surface area contributed by atoms with E-state index in [2.05, 4.69) is 34.6 Å². The third-order valence-electron chi connectivity index (χ3n) is 5.68. The number of aryl methyl sites for hydroxylation is 1. The summed E-state index contributed by atoms with van der Waals surface area (Å²) in [6, 6.07) is 25.1. The lowest BCUT2D eigenvalue weighted by Gasteiger charge is -2.05. The Morgan fingerprint density at radius 3 is 2.49 bits per heavy atom. The topological polar surface area (TPSA) is 81.4 Å². The Morgan fingerprint density at radius 2 is 1.74 bits per heavy atom. The molecule has 1 N–H and O–H groups in total. The quantitative estimate of drug-likeness (QED) is 0.297. The van der Waals surface area contributed by atoms with Gasteiger partial charge in [-0.05, 0) is 48.7 Å². The van der Waals surface area contributed by atoms with Gasteiger partial charge in [0.15, 0.2) is 5.13 Å². The highest BCUT2D eigenvalue weighted by molar-refractivity contribution is 7.16. The molecule has 0 bridgehead atoms. The first-order valence-electron chi connectivity index (χ1n) is 11.0. The van der Waals surface area contributed by atoms with Crippen LogP contribution in [-0.4, -0.2) is 18.0 Å². The predicted octanol–water partition coefficient (Wildman–Crippen LogP) is 6.08. The van der Waals surface area contributed by atoms with E-state index >= 15 is 0 Å². The van der Waals surface area contributed by atoms with Crippen LogP contribution in [0.5, 0.6) is 5.75 Å². The number of fused-ring (bicyclic) bond motifs is 1. The fourth-order valence-electron chi connectivity index (χ4n) is 3.88. The Morgan fingerprint density at radius 1 is 1.00 bits per heavy atom. The molecule has 0 saturated heterocycles. The maximum absolute atomic E-state index is 12.9. The standard InChI is InChI=1S/C28H22N2O4S/c1-17-25(20-10-8-19(9-11-20)14-18-6-4-3-5-7-18)29-28(35-17)30-26(31)23-16-21-15-22(33-2)12-13-24(21)34-27(23)32/h3-13,15-16H,14H2,1-2H3,(H,29,30,31). The number of carbonyl (C=O) groups excluding carboxylic acids is 1. The third-order valence-corrected chi connectivity index (χ3v) is 6.57. The molecule has 0 fully saturated rings. The Labute approximate surface area is 205 Å². The van der Waals surface area contributed by atoms with Gasteiger partial charge in [0.05, 0.1) is 12.8 Å². The summed E-state index contributed by atoms with van der Waals surface area (Å²) in [5.74, 6) is 0.0367. The molecule has 7 heteroatoms. The molecule has 5 rings (SSSR count). The maximum Gasteiger partial charge on any atom is 0.349 e. The van der Waals surface area contributed by atoms with Gasteiger partial charge >= 0.3 is 5.63 Å². The summed E-state index contributed by atoms with van der Waals surface area (Å²) < 4.78 is 10.5. The van der Waals surface area contributed by atoms with Crippen molar-refractivity contribution in [1.82, 2.24) is 4.98 Å². The highest BCUT2D eigenvalue weighted by Crippen LogP contribution is 2.31. The molecule has 0 atom stereocenters. The number of carbonyl (C=O) groups is 1.